The molecule has 0 saturated heterocycles. The molecule has 0 aliphatic carbocycles. The number of nitrogens with zero attached hydrogens (tertiary/aromatic N) is 1. The summed E-state index contributed by atoms with van der Waals surface area (Å²) in [5.41, 5.74) is 8.10. The lowest BCUT2D eigenvalue weighted by Crippen LogP contribution is -2.02. The van der Waals surface area contributed by atoms with E-state index in [-0.39, 0.29) is 5.82 Å². The molecule has 84 valence electrons. The minimum Gasteiger partial charge on any atom is -0.330 e. The number of rotatable bonds is 3. The number of benzene rings is 1. The number of H-pyrrole nitrogens is 1. The average molecular weight is 284 g/mol. The van der Waals surface area contributed by atoms with E-state index >= 15 is 0 Å². The van der Waals surface area contributed by atoms with Gasteiger partial charge in [0.2, 0.25) is 0 Å². The molecule has 0 saturated carbocycles. The molecule has 3 N–H and O–H groups in total. The topological polar surface area (TPSA) is 54.7 Å². The molecule has 0 radical (unpaired) electrons. The maximum Gasteiger partial charge on any atom is 0.137 e. The van der Waals surface area contributed by atoms with Gasteiger partial charge in [-0.15, -0.1) is 0 Å². The lowest BCUT2D eigenvalue weighted by atomic mass is 10.1. The number of hydrogen-bond donors (Lipinski definition) is 2. The molecule has 0 aliphatic rings. The maximum atomic E-state index is 13.0. The second kappa shape index (κ2) is 4.76. The fourth-order valence-corrected chi connectivity index (χ4v) is 1.83. The van der Waals surface area contributed by atoms with Crippen molar-refractivity contribution < 1.29 is 4.39 Å². The number of aromatic nitrogens is 2. The summed E-state index contributed by atoms with van der Waals surface area (Å²) in [6.45, 7) is 0.578. The molecule has 0 unspecified atom stereocenters. The third-order valence-corrected chi connectivity index (χ3v) is 2.87. The van der Waals surface area contributed by atoms with Crippen LogP contribution in [0.3, 0.4) is 0 Å². The van der Waals surface area contributed by atoms with Crippen LogP contribution in [0.2, 0.25) is 0 Å². The predicted molar refractivity (Wildman–Crippen MR) is 64.4 cm³/mol. The first kappa shape index (κ1) is 11.3. The molecule has 0 aliphatic heterocycles. The zero-order chi connectivity index (χ0) is 11.5. The third kappa shape index (κ3) is 2.31. The summed E-state index contributed by atoms with van der Waals surface area (Å²) in [5.74, 6) is -0.276. The normalized spacial score (nSPS) is 10.7. The molecule has 1 aromatic heterocycles. The van der Waals surface area contributed by atoms with E-state index in [2.05, 4.69) is 26.1 Å². The van der Waals surface area contributed by atoms with E-state index in [1.807, 2.05) is 6.07 Å². The molecule has 0 spiro atoms. The van der Waals surface area contributed by atoms with Crippen molar-refractivity contribution in [1.82, 2.24) is 10.2 Å². The predicted octanol–water partition coefficient (Wildman–Crippen LogP) is 2.48. The van der Waals surface area contributed by atoms with Crippen LogP contribution in [0.1, 0.15) is 5.69 Å². The zero-order valence-corrected chi connectivity index (χ0v) is 10.1. The van der Waals surface area contributed by atoms with Gasteiger partial charge in [-0.05, 0) is 46.7 Å². The van der Waals surface area contributed by atoms with Crippen LogP contribution < -0.4 is 5.73 Å². The van der Waals surface area contributed by atoms with Gasteiger partial charge in [0.25, 0.3) is 0 Å². The Hall–Kier alpha value is -1.20. The summed E-state index contributed by atoms with van der Waals surface area (Å²) < 4.78 is 13.5. The van der Waals surface area contributed by atoms with Gasteiger partial charge in [-0.25, -0.2) is 4.39 Å². The lowest BCUT2D eigenvalue weighted by molar-refractivity contribution is 0.621. The van der Waals surface area contributed by atoms with Gasteiger partial charge in [0, 0.05) is 17.7 Å². The van der Waals surface area contributed by atoms with Gasteiger partial charge in [-0.2, -0.15) is 5.10 Å². The van der Waals surface area contributed by atoms with E-state index in [0.29, 0.717) is 11.0 Å². The quantitative estimate of drug-likeness (QED) is 0.909. The van der Waals surface area contributed by atoms with E-state index in [4.69, 9.17) is 5.73 Å². The summed E-state index contributed by atoms with van der Waals surface area (Å²) in [7, 11) is 0. The van der Waals surface area contributed by atoms with Crippen molar-refractivity contribution in [2.24, 2.45) is 5.73 Å². The summed E-state index contributed by atoms with van der Waals surface area (Å²) in [5, 5.41) is 7.05. The molecule has 16 heavy (non-hydrogen) atoms. The van der Waals surface area contributed by atoms with Crippen LogP contribution in [0, 0.1) is 5.82 Å². The largest absolute Gasteiger partial charge is 0.330 e. The van der Waals surface area contributed by atoms with Crippen LogP contribution in [0.25, 0.3) is 11.3 Å². The summed E-state index contributed by atoms with van der Waals surface area (Å²) in [4.78, 5) is 0. The molecule has 2 aromatic rings. The Balaban J connectivity index is 2.31. The Morgan fingerprint density at radius 3 is 2.88 bits per heavy atom. The van der Waals surface area contributed by atoms with Crippen molar-refractivity contribution in [3.05, 3.63) is 40.2 Å². The maximum absolute atomic E-state index is 13.0. The molecular weight excluding hydrogens is 273 g/mol. The van der Waals surface area contributed by atoms with Crippen molar-refractivity contribution in [1.29, 1.82) is 0 Å². The van der Waals surface area contributed by atoms with Crippen molar-refractivity contribution in [2.45, 2.75) is 6.42 Å². The van der Waals surface area contributed by atoms with E-state index in [1.54, 1.807) is 12.1 Å². The number of aromatic amines is 1. The van der Waals surface area contributed by atoms with Crippen LogP contribution >= 0.6 is 15.9 Å². The Morgan fingerprint density at radius 2 is 2.19 bits per heavy atom. The van der Waals surface area contributed by atoms with Gasteiger partial charge in [0.15, 0.2) is 0 Å². The summed E-state index contributed by atoms with van der Waals surface area (Å²) in [6, 6.07) is 6.74. The van der Waals surface area contributed by atoms with Crippen LogP contribution in [-0.4, -0.2) is 16.7 Å². The highest BCUT2D eigenvalue weighted by atomic mass is 79.9. The van der Waals surface area contributed by atoms with Crippen molar-refractivity contribution in [3.8, 4) is 11.3 Å². The Bertz CT molecular complexity index is 496. The van der Waals surface area contributed by atoms with Gasteiger partial charge in [0.1, 0.15) is 5.82 Å². The first-order chi connectivity index (χ1) is 7.70. The second-order valence-electron chi connectivity index (χ2n) is 3.45. The van der Waals surface area contributed by atoms with Crippen molar-refractivity contribution >= 4 is 15.9 Å². The SMILES string of the molecule is NCCc1cc(-c2ccc(F)c(Br)c2)n[nH]1. The third-order valence-electron chi connectivity index (χ3n) is 2.26. The smallest absolute Gasteiger partial charge is 0.137 e. The molecule has 1 heterocycles. The molecule has 0 atom stereocenters. The highest BCUT2D eigenvalue weighted by Gasteiger charge is 2.06. The molecule has 1 aromatic carbocycles. The summed E-state index contributed by atoms with van der Waals surface area (Å²) >= 11 is 3.15. The molecule has 0 bridgehead atoms. The van der Waals surface area contributed by atoms with E-state index in [9.17, 15) is 4.39 Å². The summed E-state index contributed by atoms with van der Waals surface area (Å²) in [6.07, 6.45) is 0.759. The van der Waals surface area contributed by atoms with Gasteiger partial charge in [-0.1, -0.05) is 0 Å². The number of halogens is 2. The Morgan fingerprint density at radius 1 is 1.38 bits per heavy atom. The Labute approximate surface area is 101 Å². The van der Waals surface area contributed by atoms with Gasteiger partial charge in [0.05, 0.1) is 10.2 Å². The molecule has 0 fully saturated rings. The fraction of sp³-hybridized carbons (Fsp3) is 0.182. The molecule has 0 amide bonds. The van der Waals surface area contributed by atoms with Crippen molar-refractivity contribution in [3.63, 3.8) is 0 Å². The first-order valence-electron chi connectivity index (χ1n) is 4.90. The van der Waals surface area contributed by atoms with E-state index < -0.39 is 0 Å². The van der Waals surface area contributed by atoms with Gasteiger partial charge >= 0.3 is 0 Å². The minimum absolute atomic E-state index is 0.276. The lowest BCUT2D eigenvalue weighted by Gasteiger charge is -1.98. The average Bonchev–Trinajstić information content (AvgIpc) is 2.71. The van der Waals surface area contributed by atoms with Gasteiger partial charge < -0.3 is 5.73 Å². The van der Waals surface area contributed by atoms with Crippen LogP contribution in [0.15, 0.2) is 28.7 Å². The number of nitrogens with two attached hydrogens (primary N) is 1. The highest BCUT2D eigenvalue weighted by molar-refractivity contribution is 9.10. The minimum atomic E-state index is -0.276. The van der Waals surface area contributed by atoms with E-state index in [1.165, 1.54) is 6.07 Å². The van der Waals surface area contributed by atoms with E-state index in [0.717, 1.165) is 23.4 Å². The van der Waals surface area contributed by atoms with Crippen LogP contribution in [-0.2, 0) is 6.42 Å². The fourth-order valence-electron chi connectivity index (χ4n) is 1.45. The second-order valence-corrected chi connectivity index (χ2v) is 4.30. The molecular formula is C11H11BrFN3. The highest BCUT2D eigenvalue weighted by Crippen LogP contribution is 2.24. The standard InChI is InChI=1S/C11H11BrFN3/c12-9-5-7(1-2-10(9)13)11-6-8(3-4-14)15-16-11/h1-2,5-6H,3-4,14H2,(H,15,16). The monoisotopic (exact) mass is 283 g/mol. The number of nitrogens with one attached hydrogen (secondary N) is 1. The zero-order valence-electron chi connectivity index (χ0n) is 8.50. The van der Waals surface area contributed by atoms with Crippen LogP contribution in [0.5, 0.6) is 0 Å². The van der Waals surface area contributed by atoms with Crippen molar-refractivity contribution in [2.75, 3.05) is 6.54 Å². The molecule has 3 nitrogen and oxygen atoms in total. The molecule has 5 heteroatoms. The van der Waals surface area contributed by atoms with Crippen LogP contribution in [0.4, 0.5) is 4.39 Å². The number of hydrogen-bond acceptors (Lipinski definition) is 2. The van der Waals surface area contributed by atoms with Gasteiger partial charge in [-0.3, -0.25) is 5.10 Å². The Kier molecular flexibility index (Phi) is 3.36. The molecule has 2 rings (SSSR count). The first-order valence-corrected chi connectivity index (χ1v) is 5.70.